The summed E-state index contributed by atoms with van der Waals surface area (Å²) in [6, 6.07) is 1.60. The highest BCUT2D eigenvalue weighted by Gasteiger charge is 2.35. The van der Waals surface area contributed by atoms with Crippen molar-refractivity contribution < 1.29 is 14.8 Å². The molecule has 0 amide bonds. The first-order valence-corrected chi connectivity index (χ1v) is 5.59. The number of carbonyl (C=O) groups is 1. The zero-order valence-electron chi connectivity index (χ0n) is 9.87. The van der Waals surface area contributed by atoms with Crippen LogP contribution in [0.15, 0.2) is 12.3 Å². The van der Waals surface area contributed by atoms with Gasteiger partial charge in [-0.25, -0.2) is 4.98 Å². The summed E-state index contributed by atoms with van der Waals surface area (Å²) in [6.07, 6.45) is 3.16. The van der Waals surface area contributed by atoms with E-state index in [0.29, 0.717) is 5.56 Å². The minimum absolute atomic E-state index is 0.0501. The first kappa shape index (κ1) is 12.3. The molecule has 1 aromatic heterocycles. The molecule has 1 N–H and O–H groups in total. The van der Waals surface area contributed by atoms with Crippen LogP contribution < -0.4 is 4.90 Å². The van der Waals surface area contributed by atoms with Crippen molar-refractivity contribution >= 4 is 17.5 Å². The number of aryl methyl sites for hydroxylation is 1. The molecule has 0 atom stereocenters. The molecule has 0 aliphatic heterocycles. The standard InChI is InChI=1S/C11H13N3O4/c1-7-4-5-12-11(10(7)14(17)18)13(6-9(15)16)8-2-3-8/h4-5,8H,2-3,6H2,1H3,(H,15,16). The van der Waals surface area contributed by atoms with Crippen LogP contribution >= 0.6 is 0 Å². The van der Waals surface area contributed by atoms with E-state index in [9.17, 15) is 14.9 Å². The SMILES string of the molecule is Cc1ccnc(N(CC(=O)O)C2CC2)c1[N+](=O)[O-]. The number of hydrogen-bond acceptors (Lipinski definition) is 5. The van der Waals surface area contributed by atoms with Crippen molar-refractivity contribution in [2.75, 3.05) is 11.4 Å². The lowest BCUT2D eigenvalue weighted by Crippen LogP contribution is -2.33. The molecular weight excluding hydrogens is 238 g/mol. The summed E-state index contributed by atoms with van der Waals surface area (Å²) in [5.41, 5.74) is 0.381. The van der Waals surface area contributed by atoms with E-state index in [1.54, 1.807) is 13.0 Å². The van der Waals surface area contributed by atoms with Gasteiger partial charge in [-0.2, -0.15) is 0 Å². The number of pyridine rings is 1. The van der Waals surface area contributed by atoms with Crippen molar-refractivity contribution in [1.82, 2.24) is 4.98 Å². The Kier molecular flexibility index (Phi) is 3.14. The van der Waals surface area contributed by atoms with Crippen LogP contribution in [0.4, 0.5) is 11.5 Å². The van der Waals surface area contributed by atoms with Gasteiger partial charge in [0.15, 0.2) is 0 Å². The Hall–Kier alpha value is -2.18. The maximum absolute atomic E-state index is 11.1. The monoisotopic (exact) mass is 251 g/mol. The molecule has 0 unspecified atom stereocenters. The third kappa shape index (κ3) is 2.39. The lowest BCUT2D eigenvalue weighted by molar-refractivity contribution is -0.384. The van der Waals surface area contributed by atoms with Gasteiger partial charge in [0.05, 0.1) is 4.92 Å². The highest BCUT2D eigenvalue weighted by Crippen LogP contribution is 2.36. The molecule has 1 saturated carbocycles. The molecule has 7 nitrogen and oxygen atoms in total. The van der Waals surface area contributed by atoms with Gasteiger partial charge in [-0.05, 0) is 25.8 Å². The highest BCUT2D eigenvalue weighted by molar-refractivity contribution is 5.76. The van der Waals surface area contributed by atoms with Gasteiger partial charge in [-0.15, -0.1) is 0 Å². The Bertz CT molecular complexity index is 499. The average Bonchev–Trinajstić information content (AvgIpc) is 3.08. The van der Waals surface area contributed by atoms with Crippen molar-refractivity contribution in [2.24, 2.45) is 0 Å². The summed E-state index contributed by atoms with van der Waals surface area (Å²) in [6.45, 7) is 1.36. The summed E-state index contributed by atoms with van der Waals surface area (Å²) < 4.78 is 0. The molecule has 0 bridgehead atoms. The maximum Gasteiger partial charge on any atom is 0.323 e. The molecule has 0 saturated heterocycles. The van der Waals surface area contributed by atoms with Gasteiger partial charge < -0.3 is 10.0 Å². The van der Waals surface area contributed by atoms with Gasteiger partial charge in [-0.1, -0.05) is 0 Å². The first-order valence-electron chi connectivity index (χ1n) is 5.59. The van der Waals surface area contributed by atoms with Gasteiger partial charge in [0.1, 0.15) is 6.54 Å². The fraction of sp³-hybridized carbons (Fsp3) is 0.455. The second kappa shape index (κ2) is 4.59. The second-order valence-corrected chi connectivity index (χ2v) is 4.31. The van der Waals surface area contributed by atoms with E-state index in [0.717, 1.165) is 12.8 Å². The molecule has 0 aromatic carbocycles. The van der Waals surface area contributed by atoms with Gasteiger partial charge in [0, 0.05) is 17.8 Å². The number of nitro groups is 1. The van der Waals surface area contributed by atoms with E-state index in [1.807, 2.05) is 0 Å². The molecular formula is C11H13N3O4. The normalized spacial score (nSPS) is 14.3. The van der Waals surface area contributed by atoms with Gasteiger partial charge in [0.2, 0.25) is 5.82 Å². The molecule has 1 heterocycles. The predicted molar refractivity (Wildman–Crippen MR) is 63.6 cm³/mol. The van der Waals surface area contributed by atoms with E-state index in [-0.39, 0.29) is 24.1 Å². The van der Waals surface area contributed by atoms with Crippen LogP contribution in [0.2, 0.25) is 0 Å². The maximum atomic E-state index is 11.1. The molecule has 1 aromatic rings. The summed E-state index contributed by atoms with van der Waals surface area (Å²) in [5, 5.41) is 19.9. The number of nitrogens with zero attached hydrogens (tertiary/aromatic N) is 3. The van der Waals surface area contributed by atoms with E-state index in [1.165, 1.54) is 11.1 Å². The topological polar surface area (TPSA) is 96.6 Å². The largest absolute Gasteiger partial charge is 0.480 e. The summed E-state index contributed by atoms with van der Waals surface area (Å²) in [5.74, 6) is -0.857. The van der Waals surface area contributed by atoms with Crippen LogP contribution in [0.1, 0.15) is 18.4 Å². The number of hydrogen-bond donors (Lipinski definition) is 1. The number of carboxylic acids is 1. The number of anilines is 1. The zero-order chi connectivity index (χ0) is 13.3. The van der Waals surface area contributed by atoms with Crippen LogP contribution in [0, 0.1) is 17.0 Å². The Morgan fingerprint density at radius 2 is 2.33 bits per heavy atom. The number of aromatic nitrogens is 1. The van der Waals surface area contributed by atoms with E-state index in [4.69, 9.17) is 5.11 Å². The van der Waals surface area contributed by atoms with Crippen LogP contribution in [0.3, 0.4) is 0 Å². The number of aliphatic carboxylic acids is 1. The third-order valence-corrected chi connectivity index (χ3v) is 2.85. The molecule has 0 spiro atoms. The molecule has 0 radical (unpaired) electrons. The smallest absolute Gasteiger partial charge is 0.323 e. The lowest BCUT2D eigenvalue weighted by Gasteiger charge is -2.21. The van der Waals surface area contributed by atoms with Crippen molar-refractivity contribution in [3.8, 4) is 0 Å². The Morgan fingerprint density at radius 3 is 2.83 bits per heavy atom. The summed E-state index contributed by atoms with van der Waals surface area (Å²) >= 11 is 0. The summed E-state index contributed by atoms with van der Waals surface area (Å²) in [7, 11) is 0. The minimum Gasteiger partial charge on any atom is -0.480 e. The first-order chi connectivity index (χ1) is 8.50. The van der Waals surface area contributed by atoms with Crippen LogP contribution in [0.5, 0.6) is 0 Å². The molecule has 1 fully saturated rings. The van der Waals surface area contributed by atoms with Crippen molar-refractivity contribution in [1.29, 1.82) is 0 Å². The fourth-order valence-corrected chi connectivity index (χ4v) is 1.88. The molecule has 1 aliphatic rings. The van der Waals surface area contributed by atoms with E-state index < -0.39 is 10.9 Å². The van der Waals surface area contributed by atoms with Gasteiger partial charge in [0.25, 0.3) is 0 Å². The Morgan fingerprint density at radius 1 is 1.67 bits per heavy atom. The van der Waals surface area contributed by atoms with Crippen LogP contribution in [-0.4, -0.2) is 33.6 Å². The molecule has 7 heteroatoms. The van der Waals surface area contributed by atoms with Crippen molar-refractivity contribution in [3.63, 3.8) is 0 Å². The molecule has 96 valence electrons. The fourth-order valence-electron chi connectivity index (χ4n) is 1.88. The number of carboxylic acid groups (broad SMARTS) is 1. The zero-order valence-corrected chi connectivity index (χ0v) is 9.87. The second-order valence-electron chi connectivity index (χ2n) is 4.31. The molecule has 2 rings (SSSR count). The minimum atomic E-state index is -1.01. The van der Waals surface area contributed by atoms with E-state index >= 15 is 0 Å². The van der Waals surface area contributed by atoms with Crippen LogP contribution in [0.25, 0.3) is 0 Å². The predicted octanol–water partition coefficient (Wildman–Crippen LogP) is 1.35. The van der Waals surface area contributed by atoms with Gasteiger partial charge in [-0.3, -0.25) is 14.9 Å². The Labute approximate surface area is 103 Å². The molecule has 18 heavy (non-hydrogen) atoms. The average molecular weight is 251 g/mol. The van der Waals surface area contributed by atoms with Crippen molar-refractivity contribution in [3.05, 3.63) is 27.9 Å². The highest BCUT2D eigenvalue weighted by atomic mass is 16.6. The quantitative estimate of drug-likeness (QED) is 0.626. The van der Waals surface area contributed by atoms with Crippen molar-refractivity contribution in [2.45, 2.75) is 25.8 Å². The lowest BCUT2D eigenvalue weighted by atomic mass is 10.2. The van der Waals surface area contributed by atoms with Crippen LogP contribution in [-0.2, 0) is 4.79 Å². The Balaban J connectivity index is 2.43. The van der Waals surface area contributed by atoms with E-state index in [2.05, 4.69) is 4.98 Å². The molecule has 1 aliphatic carbocycles. The third-order valence-electron chi connectivity index (χ3n) is 2.85. The summed E-state index contributed by atoms with van der Waals surface area (Å²) in [4.78, 5) is 26.9. The number of rotatable bonds is 5. The van der Waals surface area contributed by atoms with Gasteiger partial charge >= 0.3 is 11.7 Å².